The summed E-state index contributed by atoms with van der Waals surface area (Å²) in [5, 5.41) is 0. The first kappa shape index (κ1) is 23.9. The van der Waals surface area contributed by atoms with Crippen LogP contribution >= 0.6 is 0 Å². The maximum Gasteiger partial charge on any atom is 0.328 e. The van der Waals surface area contributed by atoms with Crippen LogP contribution in [0, 0.1) is 5.82 Å². The monoisotopic (exact) mass is 471 g/mol. The molecule has 4 rings (SSSR count). The molecule has 9 heteroatoms. The summed E-state index contributed by atoms with van der Waals surface area (Å²) in [6, 6.07) is 7.16. The zero-order valence-electron chi connectivity index (χ0n) is 19.6. The van der Waals surface area contributed by atoms with E-state index in [1.54, 1.807) is 15.5 Å². The molecule has 34 heavy (non-hydrogen) atoms. The minimum absolute atomic E-state index is 0.217. The van der Waals surface area contributed by atoms with Crippen LogP contribution in [0.1, 0.15) is 40.9 Å². The zero-order chi connectivity index (χ0) is 24.2. The minimum atomic E-state index is -0.654. The fraction of sp³-hybridized carbons (Fsp3) is 0.480. The van der Waals surface area contributed by atoms with Gasteiger partial charge in [0.15, 0.2) is 0 Å². The number of hydrogen-bond acceptors (Lipinski definition) is 6. The number of benzene rings is 1. The number of fused-ring (bicyclic) bond motifs is 1. The number of piperidine rings is 1. The Bertz CT molecular complexity index is 1130. The molecular weight excluding hydrogens is 441 g/mol. The molecule has 1 fully saturated rings. The molecule has 0 unspecified atom stereocenters. The number of ether oxygens (including phenoxy) is 2. The lowest BCUT2D eigenvalue weighted by molar-refractivity contribution is -0.147. The first-order valence-corrected chi connectivity index (χ1v) is 11.6. The fourth-order valence-electron chi connectivity index (χ4n) is 4.94. The summed E-state index contributed by atoms with van der Waals surface area (Å²) in [5.74, 6) is -0.832. The van der Waals surface area contributed by atoms with E-state index in [1.807, 2.05) is 6.07 Å². The van der Waals surface area contributed by atoms with Crippen molar-refractivity contribution in [2.24, 2.45) is 0 Å². The van der Waals surface area contributed by atoms with Gasteiger partial charge in [0.05, 0.1) is 14.2 Å². The van der Waals surface area contributed by atoms with Crippen molar-refractivity contribution in [2.75, 3.05) is 33.9 Å². The fourth-order valence-corrected chi connectivity index (χ4v) is 4.94. The Hall–Kier alpha value is -3.20. The number of nitrogens with zero attached hydrogens (tertiary/aromatic N) is 3. The topological polar surface area (TPSA) is 81.1 Å². The van der Waals surface area contributed by atoms with Crippen LogP contribution in [0.5, 0.6) is 5.75 Å². The van der Waals surface area contributed by atoms with Crippen LogP contribution in [0.4, 0.5) is 4.39 Å². The van der Waals surface area contributed by atoms with E-state index in [-0.39, 0.29) is 23.0 Å². The Labute approximate surface area is 197 Å². The van der Waals surface area contributed by atoms with Crippen molar-refractivity contribution in [1.82, 2.24) is 14.4 Å². The lowest BCUT2D eigenvalue weighted by Crippen LogP contribution is -2.49. The number of pyridine rings is 1. The average Bonchev–Trinajstić information content (AvgIpc) is 3.06. The van der Waals surface area contributed by atoms with E-state index < -0.39 is 12.0 Å². The Balaban J connectivity index is 1.66. The SMILES string of the molecule is COC(=O)[C@@H]1CCCCN1C(=O)c1c(OC)cc(=O)n2c1CCN(Cc1cccc(F)c1)CC2. The standard InChI is InChI=1S/C25H30FN3O5/c1-33-21-15-22(30)28-13-12-27(16-17-6-5-7-18(26)14-17)11-9-19(28)23(21)24(31)29-10-4-3-8-20(29)25(32)34-2/h5-7,14-15,20H,3-4,8-13,16H2,1-2H3/t20-/m0/s1. The zero-order valence-corrected chi connectivity index (χ0v) is 19.6. The van der Waals surface area contributed by atoms with Gasteiger partial charge in [-0.2, -0.15) is 0 Å². The number of aromatic nitrogens is 1. The molecule has 1 aromatic heterocycles. The van der Waals surface area contributed by atoms with E-state index >= 15 is 0 Å². The molecule has 0 spiro atoms. The van der Waals surface area contributed by atoms with Gasteiger partial charge in [-0.3, -0.25) is 14.5 Å². The Kier molecular flexibility index (Phi) is 7.31. The molecule has 1 aromatic carbocycles. The number of hydrogen-bond donors (Lipinski definition) is 0. The molecule has 0 N–H and O–H groups in total. The molecule has 1 saturated heterocycles. The maximum atomic E-state index is 13.8. The molecule has 2 aliphatic rings. The highest BCUT2D eigenvalue weighted by Crippen LogP contribution is 2.28. The molecule has 0 radical (unpaired) electrons. The van der Waals surface area contributed by atoms with Gasteiger partial charge in [-0.15, -0.1) is 0 Å². The van der Waals surface area contributed by atoms with Gasteiger partial charge in [0.25, 0.3) is 11.5 Å². The summed E-state index contributed by atoms with van der Waals surface area (Å²) in [6.07, 6.45) is 2.61. The highest BCUT2D eigenvalue weighted by molar-refractivity contribution is 6.00. The Morgan fingerprint density at radius 3 is 2.65 bits per heavy atom. The maximum absolute atomic E-state index is 13.8. The first-order chi connectivity index (χ1) is 16.4. The third kappa shape index (κ3) is 4.84. The van der Waals surface area contributed by atoms with Crippen molar-refractivity contribution >= 4 is 11.9 Å². The van der Waals surface area contributed by atoms with Gasteiger partial charge >= 0.3 is 5.97 Å². The highest BCUT2D eigenvalue weighted by Gasteiger charge is 2.36. The number of rotatable bonds is 5. The quantitative estimate of drug-likeness (QED) is 0.622. The number of esters is 1. The summed E-state index contributed by atoms with van der Waals surface area (Å²) >= 11 is 0. The molecule has 182 valence electrons. The molecule has 0 aliphatic carbocycles. The van der Waals surface area contributed by atoms with E-state index in [1.165, 1.54) is 32.4 Å². The molecule has 2 aliphatic heterocycles. The van der Waals surface area contributed by atoms with Crippen LogP contribution in [-0.2, 0) is 29.0 Å². The molecule has 1 amide bonds. The van der Waals surface area contributed by atoms with Crippen molar-refractivity contribution in [3.05, 3.63) is 63.3 Å². The first-order valence-electron chi connectivity index (χ1n) is 11.6. The predicted octanol–water partition coefficient (Wildman–Crippen LogP) is 2.22. The molecule has 3 heterocycles. The number of carbonyl (C=O) groups excluding carboxylic acids is 2. The van der Waals surface area contributed by atoms with Gasteiger partial charge in [-0.05, 0) is 37.0 Å². The number of likely N-dealkylation sites (tertiary alicyclic amines) is 1. The Morgan fingerprint density at radius 1 is 1.09 bits per heavy atom. The van der Waals surface area contributed by atoms with Gasteiger partial charge in [0, 0.05) is 50.9 Å². The smallest absolute Gasteiger partial charge is 0.328 e. The predicted molar refractivity (Wildman–Crippen MR) is 123 cm³/mol. The van der Waals surface area contributed by atoms with Crippen molar-refractivity contribution in [2.45, 2.75) is 44.8 Å². The van der Waals surface area contributed by atoms with Crippen molar-refractivity contribution in [1.29, 1.82) is 0 Å². The van der Waals surface area contributed by atoms with Gasteiger partial charge in [-0.25, -0.2) is 9.18 Å². The van der Waals surface area contributed by atoms with Crippen LogP contribution in [-0.4, -0.2) is 66.1 Å². The average molecular weight is 472 g/mol. The van der Waals surface area contributed by atoms with E-state index in [4.69, 9.17) is 9.47 Å². The second kappa shape index (κ2) is 10.4. The third-order valence-corrected chi connectivity index (χ3v) is 6.65. The van der Waals surface area contributed by atoms with E-state index in [0.29, 0.717) is 56.8 Å². The van der Waals surface area contributed by atoms with Gasteiger partial charge in [0.1, 0.15) is 23.2 Å². The molecular formula is C25H30FN3O5. The number of amides is 1. The number of carbonyl (C=O) groups is 2. The second-order valence-electron chi connectivity index (χ2n) is 8.71. The van der Waals surface area contributed by atoms with Crippen LogP contribution in [0.2, 0.25) is 0 Å². The van der Waals surface area contributed by atoms with E-state index in [0.717, 1.165) is 18.4 Å². The van der Waals surface area contributed by atoms with Crippen molar-refractivity contribution < 1.29 is 23.5 Å². The normalized spacial score (nSPS) is 18.7. The summed E-state index contributed by atoms with van der Waals surface area (Å²) in [4.78, 5) is 42.7. The summed E-state index contributed by atoms with van der Waals surface area (Å²) in [7, 11) is 2.75. The van der Waals surface area contributed by atoms with Crippen LogP contribution in [0.15, 0.2) is 35.1 Å². The molecule has 1 atom stereocenters. The van der Waals surface area contributed by atoms with E-state index in [9.17, 15) is 18.8 Å². The van der Waals surface area contributed by atoms with Crippen LogP contribution < -0.4 is 10.3 Å². The second-order valence-corrected chi connectivity index (χ2v) is 8.71. The van der Waals surface area contributed by atoms with Crippen molar-refractivity contribution in [3.63, 3.8) is 0 Å². The lowest BCUT2D eigenvalue weighted by Gasteiger charge is -2.34. The Morgan fingerprint density at radius 2 is 1.91 bits per heavy atom. The molecule has 0 bridgehead atoms. The molecule has 2 aromatic rings. The summed E-state index contributed by atoms with van der Waals surface area (Å²) < 4.78 is 25.7. The molecule has 0 saturated carbocycles. The van der Waals surface area contributed by atoms with E-state index in [2.05, 4.69) is 4.90 Å². The van der Waals surface area contributed by atoms with Crippen LogP contribution in [0.25, 0.3) is 0 Å². The van der Waals surface area contributed by atoms with Gasteiger partial charge < -0.3 is 18.9 Å². The van der Waals surface area contributed by atoms with Gasteiger partial charge in [0.2, 0.25) is 0 Å². The minimum Gasteiger partial charge on any atom is -0.496 e. The third-order valence-electron chi connectivity index (χ3n) is 6.65. The van der Waals surface area contributed by atoms with Crippen LogP contribution in [0.3, 0.4) is 0 Å². The van der Waals surface area contributed by atoms with Crippen molar-refractivity contribution in [3.8, 4) is 5.75 Å². The highest BCUT2D eigenvalue weighted by atomic mass is 19.1. The number of halogens is 1. The largest absolute Gasteiger partial charge is 0.496 e. The van der Waals surface area contributed by atoms with Gasteiger partial charge in [-0.1, -0.05) is 12.1 Å². The molecule has 8 nitrogen and oxygen atoms in total. The number of methoxy groups -OCH3 is 2. The lowest BCUT2D eigenvalue weighted by atomic mass is 9.99. The summed E-state index contributed by atoms with van der Waals surface area (Å²) in [5.41, 5.74) is 1.54. The summed E-state index contributed by atoms with van der Waals surface area (Å²) in [6.45, 7) is 2.54.